The molecule has 1 aliphatic carbocycles. The Hall–Kier alpha value is -3.00. The lowest BCUT2D eigenvalue weighted by molar-refractivity contribution is -0.160. The Morgan fingerprint density at radius 3 is 2.82 bits per heavy atom. The standard InChI is InChI=1S/C20H21N7O/c1-12-22-16-4-3-15(24-18(16)26(12)2)14-5-6-27-17(14)9-21-19(25-27)23-13-7-20(8-13)10-28-11-20/h3-6,9,13H,7-8,10-11H2,1-2H3,(H,23,25). The van der Waals surface area contributed by atoms with Gasteiger partial charge in [0.15, 0.2) is 5.65 Å². The highest BCUT2D eigenvalue weighted by atomic mass is 16.5. The van der Waals surface area contributed by atoms with E-state index < -0.39 is 0 Å². The lowest BCUT2D eigenvalue weighted by Crippen LogP contribution is -2.56. The molecule has 1 saturated carbocycles. The van der Waals surface area contributed by atoms with Gasteiger partial charge in [0.1, 0.15) is 11.3 Å². The van der Waals surface area contributed by atoms with E-state index in [9.17, 15) is 0 Å². The largest absolute Gasteiger partial charge is 0.380 e. The number of nitrogens with zero attached hydrogens (tertiary/aromatic N) is 6. The molecule has 1 N–H and O–H groups in total. The summed E-state index contributed by atoms with van der Waals surface area (Å²) in [7, 11) is 1.99. The van der Waals surface area contributed by atoms with E-state index in [1.165, 1.54) is 0 Å². The van der Waals surface area contributed by atoms with Crippen LogP contribution < -0.4 is 5.32 Å². The highest BCUT2D eigenvalue weighted by molar-refractivity contribution is 5.82. The van der Waals surface area contributed by atoms with E-state index in [0.29, 0.717) is 17.4 Å². The second-order valence-electron chi connectivity index (χ2n) is 8.14. The van der Waals surface area contributed by atoms with E-state index >= 15 is 0 Å². The molecular weight excluding hydrogens is 354 g/mol. The molecule has 0 radical (unpaired) electrons. The van der Waals surface area contributed by atoms with Gasteiger partial charge in [-0.25, -0.2) is 19.5 Å². The number of nitrogens with one attached hydrogen (secondary N) is 1. The number of rotatable bonds is 3. The van der Waals surface area contributed by atoms with Gasteiger partial charge in [-0.15, -0.1) is 5.10 Å². The number of aryl methyl sites for hydroxylation is 2. The zero-order valence-electron chi connectivity index (χ0n) is 15.9. The van der Waals surface area contributed by atoms with E-state index in [0.717, 1.165) is 59.8 Å². The summed E-state index contributed by atoms with van der Waals surface area (Å²) in [6, 6.07) is 6.50. The average molecular weight is 375 g/mol. The molecule has 1 spiro atoms. The van der Waals surface area contributed by atoms with Crippen molar-refractivity contribution in [2.45, 2.75) is 25.8 Å². The fourth-order valence-electron chi connectivity index (χ4n) is 4.41. The number of fused-ring (bicyclic) bond motifs is 2. The van der Waals surface area contributed by atoms with Gasteiger partial charge in [-0.05, 0) is 38.0 Å². The van der Waals surface area contributed by atoms with Gasteiger partial charge in [0.2, 0.25) is 5.95 Å². The second kappa shape index (κ2) is 5.51. The first-order chi connectivity index (χ1) is 13.6. The summed E-state index contributed by atoms with van der Waals surface area (Å²) in [6.07, 6.45) is 6.10. The van der Waals surface area contributed by atoms with Gasteiger partial charge < -0.3 is 14.6 Å². The van der Waals surface area contributed by atoms with Gasteiger partial charge in [0, 0.05) is 30.3 Å². The van der Waals surface area contributed by atoms with Gasteiger partial charge >= 0.3 is 0 Å². The van der Waals surface area contributed by atoms with Crippen LogP contribution in [0.5, 0.6) is 0 Å². The number of aromatic nitrogens is 6. The van der Waals surface area contributed by atoms with Gasteiger partial charge in [0.25, 0.3) is 0 Å². The molecule has 8 nitrogen and oxygen atoms in total. The lowest BCUT2D eigenvalue weighted by Gasteiger charge is -2.53. The second-order valence-corrected chi connectivity index (χ2v) is 8.14. The molecule has 142 valence electrons. The third kappa shape index (κ3) is 2.27. The first kappa shape index (κ1) is 16.0. The Bertz CT molecular complexity index is 1210. The van der Waals surface area contributed by atoms with Crippen molar-refractivity contribution in [3.05, 3.63) is 36.4 Å². The van der Waals surface area contributed by atoms with Crippen LogP contribution in [0.4, 0.5) is 5.95 Å². The smallest absolute Gasteiger partial charge is 0.241 e. The van der Waals surface area contributed by atoms with Crippen LogP contribution in [0.25, 0.3) is 27.9 Å². The minimum absolute atomic E-state index is 0.427. The minimum atomic E-state index is 0.427. The number of ether oxygens (including phenoxy) is 1. The van der Waals surface area contributed by atoms with Crippen molar-refractivity contribution in [1.29, 1.82) is 0 Å². The molecule has 0 aromatic carbocycles. The first-order valence-corrected chi connectivity index (χ1v) is 9.59. The summed E-state index contributed by atoms with van der Waals surface area (Å²) >= 11 is 0. The molecule has 0 bridgehead atoms. The molecule has 4 aromatic rings. The maximum atomic E-state index is 5.34. The molecule has 1 aliphatic heterocycles. The minimum Gasteiger partial charge on any atom is -0.380 e. The van der Waals surface area contributed by atoms with Crippen LogP contribution in [0.15, 0.2) is 30.6 Å². The molecule has 0 atom stereocenters. The summed E-state index contributed by atoms with van der Waals surface area (Å²) in [4.78, 5) is 13.9. The van der Waals surface area contributed by atoms with Crippen molar-refractivity contribution >= 4 is 22.6 Å². The van der Waals surface area contributed by atoms with E-state index in [1.807, 2.05) is 53.6 Å². The van der Waals surface area contributed by atoms with Crippen molar-refractivity contribution < 1.29 is 4.74 Å². The summed E-state index contributed by atoms with van der Waals surface area (Å²) in [6.45, 7) is 3.79. The van der Waals surface area contributed by atoms with E-state index in [4.69, 9.17) is 9.72 Å². The maximum Gasteiger partial charge on any atom is 0.241 e. The van der Waals surface area contributed by atoms with Crippen LogP contribution in [-0.2, 0) is 11.8 Å². The fourth-order valence-corrected chi connectivity index (χ4v) is 4.41. The number of hydrogen-bond acceptors (Lipinski definition) is 6. The van der Waals surface area contributed by atoms with Crippen molar-refractivity contribution in [3.8, 4) is 11.3 Å². The molecular formula is C20H21N7O. The summed E-state index contributed by atoms with van der Waals surface area (Å²) in [5, 5.41) is 8.09. The lowest BCUT2D eigenvalue weighted by atomic mass is 9.64. The first-order valence-electron chi connectivity index (χ1n) is 9.59. The topological polar surface area (TPSA) is 82.2 Å². The number of imidazole rings is 1. The molecule has 2 aliphatic rings. The maximum absolute atomic E-state index is 5.34. The highest BCUT2D eigenvalue weighted by Gasteiger charge is 2.49. The number of hydrogen-bond donors (Lipinski definition) is 1. The molecule has 1 saturated heterocycles. The van der Waals surface area contributed by atoms with Gasteiger partial charge in [-0.1, -0.05) is 0 Å². The Morgan fingerprint density at radius 1 is 1.18 bits per heavy atom. The quantitative estimate of drug-likeness (QED) is 0.593. The molecule has 4 aromatic heterocycles. The Labute approximate surface area is 161 Å². The van der Waals surface area contributed by atoms with Crippen molar-refractivity contribution in [1.82, 2.24) is 29.1 Å². The molecule has 8 heteroatoms. The Morgan fingerprint density at radius 2 is 2.04 bits per heavy atom. The number of pyridine rings is 1. The molecule has 0 amide bonds. The Balaban J connectivity index is 1.30. The molecule has 5 heterocycles. The zero-order valence-corrected chi connectivity index (χ0v) is 15.9. The third-order valence-corrected chi connectivity index (χ3v) is 6.14. The van der Waals surface area contributed by atoms with E-state index in [2.05, 4.69) is 20.4 Å². The average Bonchev–Trinajstić information content (AvgIpc) is 3.17. The van der Waals surface area contributed by atoms with Crippen molar-refractivity contribution in [2.24, 2.45) is 12.5 Å². The van der Waals surface area contributed by atoms with Crippen LogP contribution in [0.2, 0.25) is 0 Å². The van der Waals surface area contributed by atoms with Crippen LogP contribution in [0, 0.1) is 12.3 Å². The van der Waals surface area contributed by atoms with E-state index in [1.54, 1.807) is 0 Å². The molecule has 28 heavy (non-hydrogen) atoms. The van der Waals surface area contributed by atoms with Crippen LogP contribution in [0.1, 0.15) is 18.7 Å². The van der Waals surface area contributed by atoms with Crippen LogP contribution in [0.3, 0.4) is 0 Å². The normalized spacial score (nSPS) is 18.5. The zero-order chi connectivity index (χ0) is 18.9. The predicted molar refractivity (Wildman–Crippen MR) is 105 cm³/mol. The summed E-state index contributed by atoms with van der Waals surface area (Å²) in [5.41, 5.74) is 5.07. The molecule has 2 fully saturated rings. The van der Waals surface area contributed by atoms with Crippen molar-refractivity contribution in [3.63, 3.8) is 0 Å². The predicted octanol–water partition coefficient (Wildman–Crippen LogP) is 2.58. The third-order valence-electron chi connectivity index (χ3n) is 6.14. The summed E-state index contributed by atoms with van der Waals surface area (Å²) in [5.74, 6) is 1.62. The van der Waals surface area contributed by atoms with Crippen LogP contribution in [-0.4, -0.2) is 48.4 Å². The SMILES string of the molecule is Cc1nc2ccc(-c3ccn4nc(NC5CC6(COC6)C5)ncc34)nc2n1C. The summed E-state index contributed by atoms with van der Waals surface area (Å²) < 4.78 is 9.22. The monoisotopic (exact) mass is 375 g/mol. The van der Waals surface area contributed by atoms with Crippen molar-refractivity contribution in [2.75, 3.05) is 18.5 Å². The molecule has 6 rings (SSSR count). The Kier molecular flexibility index (Phi) is 3.15. The van der Waals surface area contributed by atoms with E-state index in [-0.39, 0.29) is 0 Å². The van der Waals surface area contributed by atoms with Gasteiger partial charge in [-0.3, -0.25) is 0 Å². The highest BCUT2D eigenvalue weighted by Crippen LogP contribution is 2.47. The molecule has 0 unspecified atom stereocenters. The van der Waals surface area contributed by atoms with Crippen LogP contribution >= 0.6 is 0 Å². The number of anilines is 1. The fraction of sp³-hybridized carbons (Fsp3) is 0.400. The van der Waals surface area contributed by atoms with Gasteiger partial charge in [0.05, 0.1) is 30.6 Å². The van der Waals surface area contributed by atoms with Gasteiger partial charge in [-0.2, -0.15) is 0 Å².